The van der Waals surface area contributed by atoms with E-state index in [4.69, 9.17) is 4.74 Å². The average molecular weight is 298 g/mol. The lowest BCUT2D eigenvalue weighted by molar-refractivity contribution is 0.175. The molecule has 0 aliphatic carbocycles. The van der Waals surface area contributed by atoms with Crippen LogP contribution in [0.2, 0.25) is 0 Å². The van der Waals surface area contributed by atoms with Gasteiger partial charge in [-0.25, -0.2) is 0 Å². The van der Waals surface area contributed by atoms with Crippen molar-refractivity contribution >= 4 is 15.9 Å². The number of nitrogens with zero attached hydrogens (tertiary/aromatic N) is 1. The fourth-order valence-corrected chi connectivity index (χ4v) is 3.02. The number of ether oxygens (including phenoxy) is 1. The van der Waals surface area contributed by atoms with Crippen LogP contribution < -0.4 is 4.74 Å². The summed E-state index contributed by atoms with van der Waals surface area (Å²) in [7, 11) is 1.70. The SMILES string of the molecule is COc1ccc(C(C)N2CCCCC2)cc1Br. The van der Waals surface area contributed by atoms with Crippen molar-refractivity contribution < 1.29 is 4.74 Å². The summed E-state index contributed by atoms with van der Waals surface area (Å²) in [5.41, 5.74) is 1.36. The van der Waals surface area contributed by atoms with Crippen molar-refractivity contribution in [2.45, 2.75) is 32.2 Å². The summed E-state index contributed by atoms with van der Waals surface area (Å²) in [4.78, 5) is 2.57. The zero-order valence-electron chi connectivity index (χ0n) is 10.6. The van der Waals surface area contributed by atoms with Crippen LogP contribution in [0.1, 0.15) is 37.8 Å². The average Bonchev–Trinajstić information content (AvgIpc) is 2.39. The molecule has 1 aliphatic heterocycles. The maximum Gasteiger partial charge on any atom is 0.133 e. The summed E-state index contributed by atoms with van der Waals surface area (Å²) >= 11 is 3.56. The predicted molar refractivity (Wildman–Crippen MR) is 74.5 cm³/mol. The molecule has 0 saturated carbocycles. The largest absolute Gasteiger partial charge is 0.496 e. The molecule has 1 aliphatic rings. The molecule has 94 valence electrons. The van der Waals surface area contributed by atoms with Crippen molar-refractivity contribution in [1.82, 2.24) is 4.90 Å². The second-order valence-electron chi connectivity index (χ2n) is 4.67. The molecule has 1 aromatic rings. The Hall–Kier alpha value is -0.540. The van der Waals surface area contributed by atoms with Crippen LogP contribution in [0.15, 0.2) is 22.7 Å². The van der Waals surface area contributed by atoms with E-state index in [1.54, 1.807) is 7.11 Å². The number of halogens is 1. The first kappa shape index (κ1) is 12.9. The first-order valence-corrected chi connectivity index (χ1v) is 7.09. The fraction of sp³-hybridized carbons (Fsp3) is 0.571. The smallest absolute Gasteiger partial charge is 0.133 e. The number of hydrogen-bond donors (Lipinski definition) is 0. The Morgan fingerprint density at radius 3 is 2.53 bits per heavy atom. The van der Waals surface area contributed by atoms with Gasteiger partial charge in [0.1, 0.15) is 5.75 Å². The van der Waals surface area contributed by atoms with Gasteiger partial charge in [-0.15, -0.1) is 0 Å². The molecule has 0 aromatic heterocycles. The Morgan fingerprint density at radius 1 is 1.24 bits per heavy atom. The van der Waals surface area contributed by atoms with E-state index in [0.29, 0.717) is 6.04 Å². The fourth-order valence-electron chi connectivity index (χ4n) is 2.46. The third-order valence-corrected chi connectivity index (χ3v) is 4.22. The molecular formula is C14H20BrNO. The van der Waals surface area contributed by atoms with Crippen LogP contribution in [-0.4, -0.2) is 25.1 Å². The second kappa shape index (κ2) is 5.87. The minimum Gasteiger partial charge on any atom is -0.496 e. The van der Waals surface area contributed by atoms with E-state index in [1.165, 1.54) is 37.9 Å². The van der Waals surface area contributed by atoms with Gasteiger partial charge in [0.25, 0.3) is 0 Å². The van der Waals surface area contributed by atoms with Crippen molar-refractivity contribution in [3.8, 4) is 5.75 Å². The van der Waals surface area contributed by atoms with E-state index in [0.717, 1.165) is 10.2 Å². The minimum absolute atomic E-state index is 0.498. The highest BCUT2D eigenvalue weighted by Crippen LogP contribution is 2.31. The van der Waals surface area contributed by atoms with Crippen molar-refractivity contribution in [2.24, 2.45) is 0 Å². The molecule has 1 aromatic carbocycles. The molecule has 0 spiro atoms. The van der Waals surface area contributed by atoms with Crippen molar-refractivity contribution in [2.75, 3.05) is 20.2 Å². The van der Waals surface area contributed by atoms with Gasteiger partial charge in [-0.3, -0.25) is 4.90 Å². The molecule has 2 nitrogen and oxygen atoms in total. The van der Waals surface area contributed by atoms with E-state index in [-0.39, 0.29) is 0 Å². The maximum absolute atomic E-state index is 5.26. The number of rotatable bonds is 3. The predicted octanol–water partition coefficient (Wildman–Crippen LogP) is 4.00. The zero-order chi connectivity index (χ0) is 12.3. The van der Waals surface area contributed by atoms with Crippen molar-refractivity contribution in [3.05, 3.63) is 28.2 Å². The van der Waals surface area contributed by atoms with Crippen molar-refractivity contribution in [1.29, 1.82) is 0 Å². The summed E-state index contributed by atoms with van der Waals surface area (Å²) in [5.74, 6) is 0.902. The summed E-state index contributed by atoms with van der Waals surface area (Å²) in [6.45, 7) is 4.75. The number of benzene rings is 1. The molecule has 0 N–H and O–H groups in total. The third kappa shape index (κ3) is 3.02. The molecule has 1 unspecified atom stereocenters. The Bertz CT molecular complexity index is 374. The van der Waals surface area contributed by atoms with Gasteiger partial charge in [-0.05, 0) is 66.5 Å². The van der Waals surface area contributed by atoms with Gasteiger partial charge in [0, 0.05) is 6.04 Å². The number of likely N-dealkylation sites (tertiary alicyclic amines) is 1. The summed E-state index contributed by atoms with van der Waals surface area (Å²) in [6, 6.07) is 6.89. The molecular weight excluding hydrogens is 278 g/mol. The Balaban J connectivity index is 2.12. The molecule has 1 fully saturated rings. The lowest BCUT2D eigenvalue weighted by Crippen LogP contribution is -2.32. The van der Waals surface area contributed by atoms with Crippen molar-refractivity contribution in [3.63, 3.8) is 0 Å². The van der Waals surface area contributed by atoms with E-state index in [2.05, 4.69) is 39.9 Å². The third-order valence-electron chi connectivity index (χ3n) is 3.60. The first-order chi connectivity index (χ1) is 8.22. The van der Waals surface area contributed by atoms with Crippen LogP contribution in [0.3, 0.4) is 0 Å². The van der Waals surface area contributed by atoms with Crippen LogP contribution >= 0.6 is 15.9 Å². The molecule has 1 atom stereocenters. The van der Waals surface area contributed by atoms with Gasteiger partial charge in [-0.2, -0.15) is 0 Å². The van der Waals surface area contributed by atoms with Gasteiger partial charge in [0.2, 0.25) is 0 Å². The molecule has 1 heterocycles. The van der Waals surface area contributed by atoms with Crippen LogP contribution in [0, 0.1) is 0 Å². The standard InChI is InChI=1S/C14H20BrNO/c1-11(16-8-4-3-5-9-16)12-6-7-14(17-2)13(15)10-12/h6-7,10-11H,3-5,8-9H2,1-2H3. The lowest BCUT2D eigenvalue weighted by Gasteiger charge is -2.32. The highest BCUT2D eigenvalue weighted by Gasteiger charge is 2.18. The molecule has 17 heavy (non-hydrogen) atoms. The quantitative estimate of drug-likeness (QED) is 0.836. The van der Waals surface area contributed by atoms with Gasteiger partial charge in [0.05, 0.1) is 11.6 Å². The molecule has 0 bridgehead atoms. The summed E-state index contributed by atoms with van der Waals surface area (Å²) < 4.78 is 6.31. The molecule has 0 radical (unpaired) electrons. The topological polar surface area (TPSA) is 12.5 Å². The van der Waals surface area contributed by atoms with Crippen LogP contribution in [0.25, 0.3) is 0 Å². The second-order valence-corrected chi connectivity index (χ2v) is 5.52. The molecule has 1 saturated heterocycles. The van der Waals surface area contributed by atoms with E-state index >= 15 is 0 Å². The summed E-state index contributed by atoms with van der Waals surface area (Å²) in [5, 5.41) is 0. The Labute approximate surface area is 112 Å². The number of piperidine rings is 1. The van der Waals surface area contributed by atoms with Gasteiger partial charge in [-0.1, -0.05) is 12.5 Å². The number of hydrogen-bond acceptors (Lipinski definition) is 2. The van der Waals surface area contributed by atoms with E-state index < -0.39 is 0 Å². The van der Waals surface area contributed by atoms with E-state index in [1.807, 2.05) is 6.07 Å². The minimum atomic E-state index is 0.498. The monoisotopic (exact) mass is 297 g/mol. The highest BCUT2D eigenvalue weighted by atomic mass is 79.9. The van der Waals surface area contributed by atoms with Gasteiger partial charge in [0.15, 0.2) is 0 Å². The normalized spacial score (nSPS) is 19.0. The molecule has 3 heteroatoms. The Kier molecular flexibility index (Phi) is 4.46. The van der Waals surface area contributed by atoms with Crippen LogP contribution in [0.4, 0.5) is 0 Å². The Morgan fingerprint density at radius 2 is 1.94 bits per heavy atom. The van der Waals surface area contributed by atoms with Gasteiger partial charge < -0.3 is 4.74 Å². The van der Waals surface area contributed by atoms with E-state index in [9.17, 15) is 0 Å². The van der Waals surface area contributed by atoms with Gasteiger partial charge >= 0.3 is 0 Å². The summed E-state index contributed by atoms with van der Waals surface area (Å²) in [6.07, 6.45) is 4.05. The maximum atomic E-state index is 5.26. The first-order valence-electron chi connectivity index (χ1n) is 6.30. The molecule has 0 amide bonds. The zero-order valence-corrected chi connectivity index (χ0v) is 12.2. The number of methoxy groups -OCH3 is 1. The van der Waals surface area contributed by atoms with Crippen LogP contribution in [0.5, 0.6) is 5.75 Å². The molecule has 2 rings (SSSR count). The lowest BCUT2D eigenvalue weighted by atomic mass is 10.0. The highest BCUT2D eigenvalue weighted by molar-refractivity contribution is 9.10. The van der Waals surface area contributed by atoms with Crippen LogP contribution in [-0.2, 0) is 0 Å².